The second-order valence-electron chi connectivity index (χ2n) is 7.90. The number of sulfonamides is 1. The van der Waals surface area contributed by atoms with Gasteiger partial charge < -0.3 is 4.90 Å². The first-order valence-electron chi connectivity index (χ1n) is 9.86. The number of carbonyl (C=O) groups is 1. The molecule has 0 bridgehead atoms. The van der Waals surface area contributed by atoms with Crippen molar-refractivity contribution < 1.29 is 13.2 Å². The summed E-state index contributed by atoms with van der Waals surface area (Å²) in [5, 5.41) is 0. The molecular weight excluding hydrogens is 372 g/mol. The van der Waals surface area contributed by atoms with Crippen LogP contribution < -0.4 is 9.62 Å². The number of Topliss-reactive ketones (excluding diaryl/α,β-unsaturated/α-hetero) is 1. The molecule has 0 atom stereocenters. The van der Waals surface area contributed by atoms with Crippen molar-refractivity contribution in [2.24, 2.45) is 0 Å². The average molecular weight is 399 g/mol. The van der Waals surface area contributed by atoms with E-state index < -0.39 is 10.0 Å². The number of hydrogen-bond acceptors (Lipinski definition) is 4. The van der Waals surface area contributed by atoms with Crippen LogP contribution in [0.4, 0.5) is 11.4 Å². The molecule has 0 unspecified atom stereocenters. The first kappa shape index (κ1) is 19.0. The number of nitrogens with zero attached hydrogens (tertiary/aromatic N) is 1. The molecule has 1 N–H and O–H groups in total. The maximum Gasteiger partial charge on any atom is 0.263 e. The van der Waals surface area contributed by atoms with Gasteiger partial charge in [0.15, 0.2) is 0 Å². The van der Waals surface area contributed by atoms with Gasteiger partial charge in [0.2, 0.25) is 0 Å². The Bertz CT molecular complexity index is 1040. The Kier molecular flexibility index (Phi) is 4.91. The molecular formula is C22H26N2O3S. The van der Waals surface area contributed by atoms with E-state index in [1.165, 1.54) is 0 Å². The van der Waals surface area contributed by atoms with Gasteiger partial charge in [-0.2, -0.15) is 0 Å². The van der Waals surface area contributed by atoms with Crippen molar-refractivity contribution in [1.29, 1.82) is 0 Å². The van der Waals surface area contributed by atoms with E-state index in [2.05, 4.69) is 9.62 Å². The van der Waals surface area contributed by atoms with Gasteiger partial charge in [-0.3, -0.25) is 9.52 Å². The molecule has 5 nitrogen and oxygen atoms in total. The summed E-state index contributed by atoms with van der Waals surface area (Å²) < 4.78 is 29.4. The second-order valence-corrected chi connectivity index (χ2v) is 9.55. The zero-order valence-electron chi connectivity index (χ0n) is 16.4. The lowest BCUT2D eigenvalue weighted by Crippen LogP contribution is -2.25. The molecule has 0 saturated carbocycles. The molecule has 2 aliphatic rings. The van der Waals surface area contributed by atoms with Crippen LogP contribution in [0.15, 0.2) is 35.2 Å². The lowest BCUT2D eigenvalue weighted by Gasteiger charge is -2.25. The normalized spacial score (nSPS) is 16.9. The van der Waals surface area contributed by atoms with E-state index in [0.717, 1.165) is 53.9 Å². The summed E-state index contributed by atoms with van der Waals surface area (Å²) in [5.74, 6) is 0.226. The smallest absolute Gasteiger partial charge is 0.263 e. The number of nitrogens with one attached hydrogen (secondary N) is 1. The van der Waals surface area contributed by atoms with Gasteiger partial charge in [-0.1, -0.05) is 6.07 Å². The van der Waals surface area contributed by atoms with Crippen LogP contribution in [0.2, 0.25) is 0 Å². The van der Waals surface area contributed by atoms with E-state index in [1.54, 1.807) is 12.1 Å². The molecule has 1 heterocycles. The minimum absolute atomic E-state index is 0.226. The molecule has 2 aromatic carbocycles. The van der Waals surface area contributed by atoms with Gasteiger partial charge in [0.25, 0.3) is 10.0 Å². The van der Waals surface area contributed by atoms with Crippen molar-refractivity contribution >= 4 is 27.2 Å². The maximum absolute atomic E-state index is 13.3. The second kappa shape index (κ2) is 7.24. The van der Waals surface area contributed by atoms with Crippen LogP contribution in [0.25, 0.3) is 0 Å². The highest BCUT2D eigenvalue weighted by Crippen LogP contribution is 2.35. The fourth-order valence-corrected chi connectivity index (χ4v) is 5.37. The van der Waals surface area contributed by atoms with Gasteiger partial charge in [0.05, 0.1) is 5.69 Å². The quantitative estimate of drug-likeness (QED) is 0.852. The van der Waals surface area contributed by atoms with E-state index in [9.17, 15) is 13.2 Å². The van der Waals surface area contributed by atoms with Crippen LogP contribution in [-0.2, 0) is 27.7 Å². The monoisotopic (exact) mass is 398 g/mol. The van der Waals surface area contributed by atoms with Crippen molar-refractivity contribution in [2.75, 3.05) is 22.7 Å². The van der Waals surface area contributed by atoms with Crippen molar-refractivity contribution in [2.45, 2.75) is 50.8 Å². The lowest BCUT2D eigenvalue weighted by atomic mass is 9.90. The van der Waals surface area contributed by atoms with E-state index in [4.69, 9.17) is 0 Å². The lowest BCUT2D eigenvalue weighted by molar-refractivity contribution is -0.118. The third kappa shape index (κ3) is 3.65. The van der Waals surface area contributed by atoms with E-state index >= 15 is 0 Å². The number of hydrogen-bond donors (Lipinski definition) is 1. The van der Waals surface area contributed by atoms with Crippen molar-refractivity contribution in [3.05, 3.63) is 52.6 Å². The molecule has 28 heavy (non-hydrogen) atoms. The Morgan fingerprint density at radius 1 is 0.929 bits per heavy atom. The first-order valence-corrected chi connectivity index (χ1v) is 11.3. The number of anilines is 2. The Morgan fingerprint density at radius 2 is 1.68 bits per heavy atom. The largest absolute Gasteiger partial charge is 0.370 e. The molecule has 1 fully saturated rings. The minimum Gasteiger partial charge on any atom is -0.370 e. The fourth-order valence-electron chi connectivity index (χ4n) is 4.06. The highest BCUT2D eigenvalue weighted by molar-refractivity contribution is 7.92. The van der Waals surface area contributed by atoms with Crippen LogP contribution in [0, 0.1) is 13.8 Å². The summed E-state index contributed by atoms with van der Waals surface area (Å²) in [6.07, 6.45) is 3.61. The van der Waals surface area contributed by atoms with Gasteiger partial charge in [-0.05, 0) is 79.6 Å². The molecule has 2 aromatic rings. The molecule has 0 spiro atoms. The van der Waals surface area contributed by atoms with Gasteiger partial charge >= 0.3 is 0 Å². The Morgan fingerprint density at radius 3 is 2.39 bits per heavy atom. The number of ketones is 1. The minimum atomic E-state index is -3.73. The van der Waals surface area contributed by atoms with Crippen molar-refractivity contribution in [3.63, 3.8) is 0 Å². The molecule has 6 heteroatoms. The molecule has 0 aromatic heterocycles. The highest BCUT2D eigenvalue weighted by atomic mass is 32.2. The molecule has 148 valence electrons. The van der Waals surface area contributed by atoms with Gasteiger partial charge in [0, 0.05) is 31.6 Å². The number of carbonyl (C=O) groups excluding carboxylic acids is 1. The van der Waals surface area contributed by atoms with Crippen molar-refractivity contribution in [3.8, 4) is 0 Å². The Labute approximate surface area is 166 Å². The van der Waals surface area contributed by atoms with E-state index in [1.807, 2.05) is 32.0 Å². The maximum atomic E-state index is 13.3. The summed E-state index contributed by atoms with van der Waals surface area (Å²) in [4.78, 5) is 14.3. The topological polar surface area (TPSA) is 66.5 Å². The van der Waals surface area contributed by atoms with Crippen molar-refractivity contribution in [1.82, 2.24) is 0 Å². The molecule has 1 aliphatic carbocycles. The SMILES string of the molecule is Cc1ccc(NS(=O)(=O)c2cc3c(cc2N2CCCC2)CC(=O)CC3)cc1C. The molecule has 4 rings (SSSR count). The number of rotatable bonds is 4. The third-order valence-electron chi connectivity index (χ3n) is 5.84. The average Bonchev–Trinajstić information content (AvgIpc) is 3.18. The van der Waals surface area contributed by atoms with Gasteiger partial charge in [-0.25, -0.2) is 8.42 Å². The first-order chi connectivity index (χ1) is 13.3. The summed E-state index contributed by atoms with van der Waals surface area (Å²) in [6.45, 7) is 5.67. The molecule has 1 saturated heterocycles. The molecule has 0 radical (unpaired) electrons. The van der Waals surface area contributed by atoms with Gasteiger partial charge in [0.1, 0.15) is 10.7 Å². The van der Waals surface area contributed by atoms with Crippen LogP contribution in [0.1, 0.15) is 41.5 Å². The Balaban J connectivity index is 1.77. The third-order valence-corrected chi connectivity index (χ3v) is 7.25. The highest BCUT2D eigenvalue weighted by Gasteiger charge is 2.28. The molecule has 0 amide bonds. The summed E-state index contributed by atoms with van der Waals surface area (Å²) in [7, 11) is -3.73. The standard InChI is InChI=1S/C22H26N2O3S/c1-15-5-7-19(11-16(15)2)23-28(26,27)22-14-17-6-8-20(25)12-18(17)13-21(22)24-9-3-4-10-24/h5,7,11,13-14,23H,3-4,6,8-10,12H2,1-2H3. The van der Waals surface area contributed by atoms with E-state index in [0.29, 0.717) is 29.8 Å². The van der Waals surface area contributed by atoms with Gasteiger partial charge in [-0.15, -0.1) is 0 Å². The number of benzene rings is 2. The van der Waals surface area contributed by atoms with Crippen LogP contribution >= 0.6 is 0 Å². The van der Waals surface area contributed by atoms with Crippen LogP contribution in [-0.4, -0.2) is 27.3 Å². The molecule has 1 aliphatic heterocycles. The number of fused-ring (bicyclic) bond motifs is 1. The van der Waals surface area contributed by atoms with Crippen LogP contribution in [0.3, 0.4) is 0 Å². The summed E-state index contributed by atoms with van der Waals surface area (Å²) >= 11 is 0. The summed E-state index contributed by atoms with van der Waals surface area (Å²) in [5.41, 5.74) is 5.42. The predicted octanol–water partition coefficient (Wildman–Crippen LogP) is 3.76. The zero-order chi connectivity index (χ0) is 19.9. The predicted molar refractivity (Wildman–Crippen MR) is 112 cm³/mol. The number of aryl methyl sites for hydroxylation is 3. The Hall–Kier alpha value is -2.34. The zero-order valence-corrected chi connectivity index (χ0v) is 17.2. The fraction of sp³-hybridized carbons (Fsp3) is 0.409. The van der Waals surface area contributed by atoms with Crippen LogP contribution in [0.5, 0.6) is 0 Å². The van der Waals surface area contributed by atoms with E-state index in [-0.39, 0.29) is 5.78 Å². The summed E-state index contributed by atoms with van der Waals surface area (Å²) in [6, 6.07) is 9.31.